The number of nitrogens with zero attached hydrogens (tertiary/aromatic N) is 1. The topological polar surface area (TPSA) is 29.5 Å². The molecule has 3 nitrogen and oxygen atoms in total. The molecule has 2 heterocycles. The average molecular weight is 384 g/mol. The maximum atomic E-state index is 13.0. The van der Waals surface area contributed by atoms with E-state index < -0.39 is 0 Å². The van der Waals surface area contributed by atoms with Crippen molar-refractivity contribution in [1.82, 2.24) is 4.90 Å². The second-order valence-electron chi connectivity index (χ2n) is 7.38. The van der Waals surface area contributed by atoms with E-state index in [0.29, 0.717) is 17.7 Å². The predicted molar refractivity (Wildman–Crippen MR) is 112 cm³/mol. The van der Waals surface area contributed by atoms with Crippen molar-refractivity contribution in [3.05, 3.63) is 71.8 Å². The van der Waals surface area contributed by atoms with Crippen LogP contribution in [-0.4, -0.2) is 36.1 Å². The number of benzene rings is 2. The molecule has 0 radical (unpaired) electrons. The number of ether oxygens (including phenoxy) is 1. The molecule has 142 valence electrons. The molecule has 2 aliphatic rings. The average Bonchev–Trinajstić information content (AvgIpc) is 2.88. The van der Waals surface area contributed by atoms with Crippen LogP contribution in [0.1, 0.15) is 36.8 Å². The number of rotatable bonds is 4. The van der Waals surface area contributed by atoms with E-state index in [4.69, 9.17) is 4.74 Å². The lowest BCUT2D eigenvalue weighted by Crippen LogP contribution is -2.43. The zero-order chi connectivity index (χ0) is 17.9. The summed E-state index contributed by atoms with van der Waals surface area (Å²) in [5.74, 6) is -0.214. The smallest absolute Gasteiger partial charge is 0.339 e. The maximum absolute atomic E-state index is 13.0. The van der Waals surface area contributed by atoms with Gasteiger partial charge in [-0.2, -0.15) is 0 Å². The number of esters is 1. The molecule has 4 heteroatoms. The molecule has 0 amide bonds. The number of carbonyl (C=O) groups excluding carboxylic acids is 1. The Morgan fingerprint density at radius 1 is 0.963 bits per heavy atom. The summed E-state index contributed by atoms with van der Waals surface area (Å²) in [6.07, 6.45) is 6.31. The molecule has 0 saturated carbocycles. The van der Waals surface area contributed by atoms with Crippen LogP contribution in [0.5, 0.6) is 0 Å². The first-order valence-electron chi connectivity index (χ1n) is 9.46. The highest BCUT2D eigenvalue weighted by atomic mass is 35.5. The zero-order valence-electron chi connectivity index (χ0n) is 15.6. The second-order valence-corrected chi connectivity index (χ2v) is 7.38. The van der Waals surface area contributed by atoms with Gasteiger partial charge in [0.05, 0.1) is 5.57 Å². The number of piperidine rings is 1. The Labute approximate surface area is 167 Å². The summed E-state index contributed by atoms with van der Waals surface area (Å²) in [5, 5.41) is 0. The highest BCUT2D eigenvalue weighted by Crippen LogP contribution is 2.36. The van der Waals surface area contributed by atoms with Crippen LogP contribution in [0.15, 0.2) is 60.7 Å². The van der Waals surface area contributed by atoms with Crippen molar-refractivity contribution in [2.24, 2.45) is 0 Å². The lowest BCUT2D eigenvalue weighted by atomic mass is 9.99. The van der Waals surface area contributed by atoms with Crippen molar-refractivity contribution in [3.63, 3.8) is 0 Å². The molecule has 0 aliphatic carbocycles. The predicted octanol–water partition coefficient (Wildman–Crippen LogP) is 4.82. The van der Waals surface area contributed by atoms with Crippen LogP contribution >= 0.6 is 12.4 Å². The molecule has 2 saturated heterocycles. The number of hydrogen-bond acceptors (Lipinski definition) is 3. The Balaban J connectivity index is 0.00000210. The van der Waals surface area contributed by atoms with Crippen LogP contribution in [0.4, 0.5) is 0 Å². The molecule has 2 unspecified atom stereocenters. The fraction of sp³-hybridized carbons (Fsp3) is 0.348. The standard InChI is InChI=1S/C23H25NO2.ClH/c1-24-19-12-13-20(24)16-21(15-19)26-23(25)22(18-10-6-3-7-11-18)14-17-8-4-2-5-9-17;/h2-11,14,19-21H,12-13,15-16H2,1H3;1H/b22-14-;. The van der Waals surface area contributed by atoms with E-state index in [1.165, 1.54) is 12.8 Å². The molecular formula is C23H26ClNO2. The lowest BCUT2D eigenvalue weighted by Gasteiger charge is -2.35. The molecule has 2 atom stereocenters. The minimum Gasteiger partial charge on any atom is -0.459 e. The summed E-state index contributed by atoms with van der Waals surface area (Å²) in [6.45, 7) is 0. The van der Waals surface area contributed by atoms with Gasteiger partial charge in [-0.3, -0.25) is 0 Å². The third-order valence-electron chi connectivity index (χ3n) is 5.74. The molecule has 0 N–H and O–H groups in total. The van der Waals surface area contributed by atoms with E-state index in [1.807, 2.05) is 66.7 Å². The van der Waals surface area contributed by atoms with E-state index in [-0.39, 0.29) is 24.5 Å². The van der Waals surface area contributed by atoms with Crippen molar-refractivity contribution in [3.8, 4) is 0 Å². The molecule has 2 aromatic rings. The van der Waals surface area contributed by atoms with Gasteiger partial charge < -0.3 is 9.64 Å². The Bertz CT molecular complexity index is 777. The lowest BCUT2D eigenvalue weighted by molar-refractivity contribution is -0.144. The van der Waals surface area contributed by atoms with Crippen LogP contribution in [0.25, 0.3) is 11.6 Å². The van der Waals surface area contributed by atoms with E-state index in [0.717, 1.165) is 24.0 Å². The zero-order valence-corrected chi connectivity index (χ0v) is 16.4. The monoisotopic (exact) mass is 383 g/mol. The Morgan fingerprint density at radius 3 is 2.11 bits per heavy atom. The Hall–Kier alpha value is -2.10. The van der Waals surface area contributed by atoms with Crippen LogP contribution in [0, 0.1) is 0 Å². The van der Waals surface area contributed by atoms with Crippen molar-refractivity contribution in [1.29, 1.82) is 0 Å². The number of fused-ring (bicyclic) bond motifs is 2. The van der Waals surface area contributed by atoms with Crippen molar-refractivity contribution < 1.29 is 9.53 Å². The number of halogens is 1. The van der Waals surface area contributed by atoms with Gasteiger partial charge in [0.25, 0.3) is 0 Å². The van der Waals surface area contributed by atoms with Crippen molar-refractivity contribution in [2.75, 3.05) is 7.05 Å². The molecular weight excluding hydrogens is 358 g/mol. The van der Waals surface area contributed by atoms with Crippen LogP contribution in [0.3, 0.4) is 0 Å². The van der Waals surface area contributed by atoms with Crippen LogP contribution < -0.4 is 0 Å². The molecule has 2 fully saturated rings. The van der Waals surface area contributed by atoms with Crippen molar-refractivity contribution in [2.45, 2.75) is 43.9 Å². The van der Waals surface area contributed by atoms with Gasteiger partial charge in [0.2, 0.25) is 0 Å². The first-order valence-corrected chi connectivity index (χ1v) is 9.46. The maximum Gasteiger partial charge on any atom is 0.339 e. The van der Waals surface area contributed by atoms with Gasteiger partial charge in [0.15, 0.2) is 0 Å². The van der Waals surface area contributed by atoms with Gasteiger partial charge in [-0.15, -0.1) is 12.4 Å². The summed E-state index contributed by atoms with van der Waals surface area (Å²) >= 11 is 0. The quantitative estimate of drug-likeness (QED) is 0.430. The summed E-state index contributed by atoms with van der Waals surface area (Å²) in [4.78, 5) is 15.5. The number of hydrogen-bond donors (Lipinski definition) is 0. The molecule has 2 bridgehead atoms. The van der Waals surface area contributed by atoms with Gasteiger partial charge in [-0.1, -0.05) is 60.7 Å². The van der Waals surface area contributed by atoms with E-state index in [2.05, 4.69) is 11.9 Å². The normalized spacial score (nSPS) is 24.9. The molecule has 2 aliphatic heterocycles. The molecule has 2 aromatic carbocycles. The first kappa shape index (κ1) is 19.7. The van der Waals surface area contributed by atoms with Gasteiger partial charge in [-0.25, -0.2) is 4.79 Å². The number of carbonyl (C=O) groups is 1. The van der Waals surface area contributed by atoms with E-state index in [9.17, 15) is 4.79 Å². The highest BCUT2D eigenvalue weighted by molar-refractivity contribution is 6.21. The largest absolute Gasteiger partial charge is 0.459 e. The van der Waals surface area contributed by atoms with Crippen LogP contribution in [0.2, 0.25) is 0 Å². The summed E-state index contributed by atoms with van der Waals surface area (Å²) < 4.78 is 5.98. The van der Waals surface area contributed by atoms with Gasteiger partial charge in [-0.05, 0) is 37.1 Å². The highest BCUT2D eigenvalue weighted by Gasteiger charge is 2.40. The van der Waals surface area contributed by atoms with Gasteiger partial charge in [0.1, 0.15) is 6.10 Å². The Kier molecular flexibility index (Phi) is 6.35. The Morgan fingerprint density at radius 2 is 1.52 bits per heavy atom. The summed E-state index contributed by atoms with van der Waals surface area (Å²) in [7, 11) is 2.20. The minimum absolute atomic E-state index is 0. The van der Waals surface area contributed by atoms with Gasteiger partial charge >= 0.3 is 5.97 Å². The minimum atomic E-state index is -0.214. The van der Waals surface area contributed by atoms with Crippen molar-refractivity contribution >= 4 is 30.0 Å². The first-order chi connectivity index (χ1) is 12.7. The van der Waals surface area contributed by atoms with E-state index in [1.54, 1.807) is 0 Å². The third-order valence-corrected chi connectivity index (χ3v) is 5.74. The summed E-state index contributed by atoms with van der Waals surface area (Å²) in [5.41, 5.74) is 2.53. The third kappa shape index (κ3) is 4.42. The molecule has 0 spiro atoms. The fourth-order valence-electron chi connectivity index (χ4n) is 4.27. The fourth-order valence-corrected chi connectivity index (χ4v) is 4.27. The molecule has 27 heavy (non-hydrogen) atoms. The molecule has 4 rings (SSSR count). The summed E-state index contributed by atoms with van der Waals surface area (Å²) in [6, 6.07) is 20.9. The van der Waals surface area contributed by atoms with Gasteiger partial charge in [0, 0.05) is 24.9 Å². The molecule has 0 aromatic heterocycles. The SMILES string of the molecule is CN1C2CCC1CC(OC(=O)/C(=C\c1ccccc1)c1ccccc1)C2.Cl. The van der Waals surface area contributed by atoms with Crippen LogP contribution in [-0.2, 0) is 9.53 Å². The van der Waals surface area contributed by atoms with E-state index >= 15 is 0 Å². The second kappa shape index (κ2) is 8.73.